The van der Waals surface area contributed by atoms with Crippen LogP contribution in [0.1, 0.15) is 24.0 Å². The van der Waals surface area contributed by atoms with E-state index >= 15 is 0 Å². The van der Waals surface area contributed by atoms with Gasteiger partial charge in [0.2, 0.25) is 5.91 Å². The number of carbonyl (C=O) groups is 1. The molecule has 5 heteroatoms. The lowest BCUT2D eigenvalue weighted by atomic mass is 10.2. The molecule has 1 saturated carbocycles. The lowest BCUT2D eigenvalue weighted by Gasteiger charge is -2.04. The van der Waals surface area contributed by atoms with Crippen LogP contribution in [0.25, 0.3) is 11.1 Å². The Labute approximate surface area is 121 Å². The molecular formula is C16H14N2O3. The lowest BCUT2D eigenvalue weighted by molar-refractivity contribution is -0.117. The summed E-state index contributed by atoms with van der Waals surface area (Å²) < 4.78 is 10.8. The van der Waals surface area contributed by atoms with E-state index in [4.69, 9.17) is 8.83 Å². The normalized spacial score (nSPS) is 20.6. The number of aromatic nitrogens is 1. The number of furan rings is 1. The number of hydrogen-bond donors (Lipinski definition) is 1. The number of fused-ring (bicyclic) bond motifs is 1. The van der Waals surface area contributed by atoms with Crippen LogP contribution in [0.4, 0.5) is 5.69 Å². The zero-order chi connectivity index (χ0) is 14.4. The highest BCUT2D eigenvalue weighted by Gasteiger charge is 2.45. The van der Waals surface area contributed by atoms with Crippen molar-refractivity contribution in [3.05, 3.63) is 48.2 Å². The molecule has 1 aromatic carbocycles. The van der Waals surface area contributed by atoms with Gasteiger partial charge in [-0.2, -0.15) is 0 Å². The van der Waals surface area contributed by atoms with E-state index in [9.17, 15) is 4.79 Å². The average Bonchev–Trinajstić information content (AvgIpc) is 2.91. The van der Waals surface area contributed by atoms with Gasteiger partial charge in [-0.3, -0.25) is 4.79 Å². The van der Waals surface area contributed by atoms with Gasteiger partial charge in [-0.1, -0.05) is 0 Å². The summed E-state index contributed by atoms with van der Waals surface area (Å²) in [4.78, 5) is 16.5. The molecule has 2 heterocycles. The maximum Gasteiger partial charge on any atom is 0.228 e. The molecule has 5 nitrogen and oxygen atoms in total. The van der Waals surface area contributed by atoms with Crippen molar-refractivity contribution >= 4 is 22.7 Å². The van der Waals surface area contributed by atoms with Gasteiger partial charge in [-0.15, -0.1) is 0 Å². The minimum absolute atomic E-state index is 0.0108. The van der Waals surface area contributed by atoms with E-state index in [1.54, 1.807) is 19.3 Å². The van der Waals surface area contributed by atoms with E-state index in [1.165, 1.54) is 0 Å². The number of amides is 1. The number of oxazole rings is 1. The molecule has 0 aliphatic heterocycles. The second kappa shape index (κ2) is 4.48. The Hall–Kier alpha value is -2.56. The second-order valence-corrected chi connectivity index (χ2v) is 5.37. The van der Waals surface area contributed by atoms with Gasteiger partial charge >= 0.3 is 0 Å². The number of hydrogen-bond acceptors (Lipinski definition) is 4. The summed E-state index contributed by atoms with van der Waals surface area (Å²) in [7, 11) is 0. The van der Waals surface area contributed by atoms with Gasteiger partial charge in [0, 0.05) is 30.5 Å². The summed E-state index contributed by atoms with van der Waals surface area (Å²) in [6, 6.07) is 9.26. The van der Waals surface area contributed by atoms with Gasteiger partial charge in [0.1, 0.15) is 11.3 Å². The maximum absolute atomic E-state index is 12.2. The highest BCUT2D eigenvalue weighted by atomic mass is 16.3. The van der Waals surface area contributed by atoms with Crippen molar-refractivity contribution in [3.63, 3.8) is 0 Å². The molecule has 3 aromatic rings. The van der Waals surface area contributed by atoms with Gasteiger partial charge in [-0.05, 0) is 30.7 Å². The van der Waals surface area contributed by atoms with Crippen LogP contribution in [0.2, 0.25) is 0 Å². The predicted octanol–water partition coefficient (Wildman–Crippen LogP) is 3.47. The molecule has 1 amide bonds. The largest absolute Gasteiger partial charge is 0.469 e. The van der Waals surface area contributed by atoms with E-state index in [-0.39, 0.29) is 17.7 Å². The second-order valence-electron chi connectivity index (χ2n) is 5.37. The first kappa shape index (κ1) is 12.2. The first-order valence-electron chi connectivity index (χ1n) is 6.92. The first-order chi connectivity index (χ1) is 10.2. The molecule has 2 aromatic heterocycles. The van der Waals surface area contributed by atoms with Crippen molar-refractivity contribution < 1.29 is 13.6 Å². The average molecular weight is 282 g/mol. The molecule has 4 rings (SSSR count). The van der Waals surface area contributed by atoms with Crippen LogP contribution in [-0.4, -0.2) is 10.9 Å². The summed E-state index contributed by atoms with van der Waals surface area (Å²) in [6.45, 7) is 1.80. The number of nitrogens with zero attached hydrogens (tertiary/aromatic N) is 1. The Kier molecular flexibility index (Phi) is 2.60. The summed E-state index contributed by atoms with van der Waals surface area (Å²) in [5.74, 6) is 1.72. The molecule has 1 fully saturated rings. The number of aryl methyl sites for hydroxylation is 1. The zero-order valence-electron chi connectivity index (χ0n) is 11.5. The van der Waals surface area contributed by atoms with Crippen LogP contribution in [0.5, 0.6) is 0 Å². The Bertz CT molecular complexity index is 804. The fourth-order valence-electron chi connectivity index (χ4n) is 2.65. The fourth-order valence-corrected chi connectivity index (χ4v) is 2.65. The zero-order valence-corrected chi connectivity index (χ0v) is 11.5. The minimum Gasteiger partial charge on any atom is -0.469 e. The van der Waals surface area contributed by atoms with E-state index in [0.29, 0.717) is 11.5 Å². The molecular weight excluding hydrogens is 268 g/mol. The van der Waals surface area contributed by atoms with E-state index in [2.05, 4.69) is 10.3 Å². The SMILES string of the molecule is Cc1nc2ccc(NC(=O)C3CC3c3ccco3)cc2o1. The van der Waals surface area contributed by atoms with Crippen molar-refractivity contribution in [2.75, 3.05) is 5.32 Å². The van der Waals surface area contributed by atoms with Crippen LogP contribution in [0.15, 0.2) is 45.4 Å². The number of carbonyl (C=O) groups excluding carboxylic acids is 1. The molecule has 2 atom stereocenters. The Morgan fingerprint density at radius 3 is 3.10 bits per heavy atom. The molecule has 0 spiro atoms. The monoisotopic (exact) mass is 282 g/mol. The standard InChI is InChI=1S/C16H14N2O3/c1-9-17-13-5-4-10(7-15(13)21-9)18-16(19)12-8-11(12)14-3-2-6-20-14/h2-7,11-12H,8H2,1H3,(H,18,19). The molecule has 0 radical (unpaired) electrons. The van der Waals surface area contributed by atoms with E-state index in [0.717, 1.165) is 23.4 Å². The van der Waals surface area contributed by atoms with Crippen molar-refractivity contribution in [1.29, 1.82) is 0 Å². The Balaban J connectivity index is 1.48. The van der Waals surface area contributed by atoms with Crippen LogP contribution in [-0.2, 0) is 4.79 Å². The molecule has 106 valence electrons. The Morgan fingerprint density at radius 1 is 1.38 bits per heavy atom. The van der Waals surface area contributed by atoms with Crippen molar-refractivity contribution in [3.8, 4) is 0 Å². The third-order valence-corrected chi connectivity index (χ3v) is 3.80. The molecule has 21 heavy (non-hydrogen) atoms. The van der Waals surface area contributed by atoms with Gasteiger partial charge in [0.05, 0.1) is 6.26 Å². The van der Waals surface area contributed by atoms with Gasteiger partial charge in [0.15, 0.2) is 11.5 Å². The molecule has 0 bridgehead atoms. The minimum atomic E-state index is -0.0108. The first-order valence-corrected chi connectivity index (χ1v) is 6.92. The summed E-state index contributed by atoms with van der Waals surface area (Å²) in [5.41, 5.74) is 2.21. The highest BCUT2D eigenvalue weighted by molar-refractivity contribution is 5.96. The lowest BCUT2D eigenvalue weighted by Crippen LogP contribution is -2.14. The molecule has 1 aliphatic rings. The van der Waals surface area contributed by atoms with E-state index < -0.39 is 0 Å². The van der Waals surface area contributed by atoms with E-state index in [1.807, 2.05) is 24.3 Å². The third-order valence-electron chi connectivity index (χ3n) is 3.80. The number of rotatable bonds is 3. The number of anilines is 1. The Morgan fingerprint density at radius 2 is 2.29 bits per heavy atom. The maximum atomic E-state index is 12.2. The van der Waals surface area contributed by atoms with Crippen molar-refractivity contribution in [2.45, 2.75) is 19.3 Å². The van der Waals surface area contributed by atoms with Crippen LogP contribution >= 0.6 is 0 Å². The molecule has 0 saturated heterocycles. The molecule has 1 aliphatic carbocycles. The smallest absolute Gasteiger partial charge is 0.228 e. The summed E-state index contributed by atoms with van der Waals surface area (Å²) in [5, 5.41) is 2.93. The van der Waals surface area contributed by atoms with Gasteiger partial charge < -0.3 is 14.2 Å². The van der Waals surface area contributed by atoms with Gasteiger partial charge in [-0.25, -0.2) is 4.98 Å². The summed E-state index contributed by atoms with van der Waals surface area (Å²) >= 11 is 0. The molecule has 1 N–H and O–H groups in total. The number of benzene rings is 1. The van der Waals surface area contributed by atoms with Crippen molar-refractivity contribution in [1.82, 2.24) is 4.98 Å². The third kappa shape index (κ3) is 2.20. The highest BCUT2D eigenvalue weighted by Crippen LogP contribution is 2.48. The number of nitrogens with one attached hydrogen (secondary N) is 1. The predicted molar refractivity (Wildman–Crippen MR) is 76.9 cm³/mol. The van der Waals surface area contributed by atoms with Crippen LogP contribution in [0, 0.1) is 12.8 Å². The quantitative estimate of drug-likeness (QED) is 0.798. The van der Waals surface area contributed by atoms with Crippen molar-refractivity contribution in [2.24, 2.45) is 5.92 Å². The fraction of sp³-hybridized carbons (Fsp3) is 0.250. The summed E-state index contributed by atoms with van der Waals surface area (Å²) in [6.07, 6.45) is 2.48. The molecule has 2 unspecified atom stereocenters. The van der Waals surface area contributed by atoms with Crippen LogP contribution < -0.4 is 5.32 Å². The van der Waals surface area contributed by atoms with Gasteiger partial charge in [0.25, 0.3) is 0 Å². The topological polar surface area (TPSA) is 68.3 Å². The van der Waals surface area contributed by atoms with Crippen LogP contribution in [0.3, 0.4) is 0 Å².